The van der Waals surface area contributed by atoms with Gasteiger partial charge in [0.15, 0.2) is 0 Å². The molecule has 1 saturated heterocycles. The predicted octanol–water partition coefficient (Wildman–Crippen LogP) is -1.74. The van der Waals surface area contributed by atoms with Crippen LogP contribution in [-0.4, -0.2) is 91.7 Å². The Balaban J connectivity index is 2.26. The van der Waals surface area contributed by atoms with Crippen molar-refractivity contribution in [3.05, 3.63) is 29.8 Å². The van der Waals surface area contributed by atoms with Crippen molar-refractivity contribution in [2.24, 2.45) is 5.73 Å². The molecule has 196 valence electrons. The Morgan fingerprint density at radius 1 is 0.917 bits per heavy atom. The number of nitrogens with two attached hydrogens (primary N) is 1. The van der Waals surface area contributed by atoms with Crippen LogP contribution in [-0.2, 0) is 35.2 Å². The van der Waals surface area contributed by atoms with Gasteiger partial charge < -0.3 is 41.7 Å². The molecule has 0 radical (unpaired) electrons. The van der Waals surface area contributed by atoms with Crippen LogP contribution in [0.4, 0.5) is 0 Å². The fourth-order valence-corrected chi connectivity index (χ4v) is 3.77. The number of aromatic hydroxyl groups is 1. The summed E-state index contributed by atoms with van der Waals surface area (Å²) in [4.78, 5) is 73.2. The number of phenols is 1. The van der Waals surface area contributed by atoms with Crippen molar-refractivity contribution in [1.82, 2.24) is 15.5 Å². The maximum atomic E-state index is 13.1. The molecule has 0 bridgehead atoms. The van der Waals surface area contributed by atoms with Gasteiger partial charge in [0.2, 0.25) is 17.7 Å². The van der Waals surface area contributed by atoms with Gasteiger partial charge in [-0.3, -0.25) is 24.0 Å². The number of nitrogens with one attached hydrogen (secondary N) is 2. The number of likely N-dealkylation sites (tertiary alicyclic amines) is 1. The van der Waals surface area contributed by atoms with E-state index in [-0.39, 0.29) is 25.1 Å². The number of phenolic OH excluding ortho intramolecular Hbond substituents is 1. The molecule has 4 unspecified atom stereocenters. The van der Waals surface area contributed by atoms with E-state index in [1.807, 2.05) is 0 Å². The third-order valence-corrected chi connectivity index (χ3v) is 5.55. The lowest BCUT2D eigenvalue weighted by Gasteiger charge is -2.28. The highest BCUT2D eigenvalue weighted by Gasteiger charge is 2.39. The van der Waals surface area contributed by atoms with Crippen LogP contribution in [0.15, 0.2) is 24.3 Å². The number of carboxylic acids is 3. The lowest BCUT2D eigenvalue weighted by molar-refractivity contribution is -0.150. The summed E-state index contributed by atoms with van der Waals surface area (Å²) in [5.41, 5.74) is 6.03. The zero-order chi connectivity index (χ0) is 27.0. The fourth-order valence-electron chi connectivity index (χ4n) is 3.77. The van der Waals surface area contributed by atoms with Crippen LogP contribution in [0.5, 0.6) is 5.75 Å². The first kappa shape index (κ1) is 28.0. The van der Waals surface area contributed by atoms with Crippen LogP contribution in [0.25, 0.3) is 0 Å². The molecule has 3 amide bonds. The molecule has 0 saturated carbocycles. The predicted molar refractivity (Wildman–Crippen MR) is 121 cm³/mol. The molecule has 1 aromatic carbocycles. The van der Waals surface area contributed by atoms with Gasteiger partial charge in [-0.15, -0.1) is 0 Å². The highest BCUT2D eigenvalue weighted by Crippen LogP contribution is 2.19. The number of hydrogen-bond donors (Lipinski definition) is 7. The minimum Gasteiger partial charge on any atom is -0.508 e. The van der Waals surface area contributed by atoms with Gasteiger partial charge in [0.05, 0.1) is 18.9 Å². The van der Waals surface area contributed by atoms with E-state index in [9.17, 15) is 44.1 Å². The molecule has 1 aliphatic rings. The Kier molecular flexibility index (Phi) is 9.73. The normalized spacial score (nSPS) is 17.5. The molecular weight excluding hydrogens is 480 g/mol. The Bertz CT molecular complexity index is 1010. The number of benzene rings is 1. The molecule has 36 heavy (non-hydrogen) atoms. The van der Waals surface area contributed by atoms with Gasteiger partial charge in [-0.1, -0.05) is 12.1 Å². The summed E-state index contributed by atoms with van der Waals surface area (Å²) in [6, 6.07) is -0.0956. The van der Waals surface area contributed by atoms with Gasteiger partial charge in [-0.25, -0.2) is 4.79 Å². The van der Waals surface area contributed by atoms with E-state index in [4.69, 9.17) is 10.8 Å². The lowest BCUT2D eigenvalue weighted by atomic mass is 10.0. The van der Waals surface area contributed by atoms with Crippen molar-refractivity contribution >= 4 is 35.6 Å². The van der Waals surface area contributed by atoms with Crippen LogP contribution in [0.1, 0.15) is 31.2 Å². The van der Waals surface area contributed by atoms with E-state index < -0.39 is 72.6 Å². The molecule has 1 aromatic rings. The van der Waals surface area contributed by atoms with Crippen molar-refractivity contribution < 1.29 is 49.2 Å². The van der Waals surface area contributed by atoms with E-state index in [2.05, 4.69) is 10.6 Å². The maximum Gasteiger partial charge on any atom is 0.326 e. The number of carboxylic acid groups (broad SMARTS) is 3. The van der Waals surface area contributed by atoms with E-state index in [1.165, 1.54) is 24.3 Å². The van der Waals surface area contributed by atoms with E-state index in [1.54, 1.807) is 0 Å². The quantitative estimate of drug-likeness (QED) is 0.167. The van der Waals surface area contributed by atoms with E-state index >= 15 is 0 Å². The Morgan fingerprint density at radius 3 is 2.06 bits per heavy atom. The minimum atomic E-state index is -1.62. The number of aliphatic carboxylic acids is 3. The zero-order valence-electron chi connectivity index (χ0n) is 19.1. The second-order valence-electron chi connectivity index (χ2n) is 8.32. The van der Waals surface area contributed by atoms with Gasteiger partial charge in [0, 0.05) is 13.0 Å². The summed E-state index contributed by atoms with van der Waals surface area (Å²) < 4.78 is 0. The van der Waals surface area contributed by atoms with Gasteiger partial charge >= 0.3 is 17.9 Å². The Hall–Kier alpha value is -4.20. The maximum absolute atomic E-state index is 13.1. The highest BCUT2D eigenvalue weighted by molar-refractivity contribution is 5.96. The summed E-state index contributed by atoms with van der Waals surface area (Å²) in [5.74, 6) is -6.92. The first-order valence-electron chi connectivity index (χ1n) is 11.0. The third kappa shape index (κ3) is 7.94. The van der Waals surface area contributed by atoms with Gasteiger partial charge in [0.25, 0.3) is 0 Å². The van der Waals surface area contributed by atoms with Crippen LogP contribution < -0.4 is 16.4 Å². The van der Waals surface area contributed by atoms with Crippen molar-refractivity contribution in [2.45, 2.75) is 56.3 Å². The Morgan fingerprint density at radius 2 is 1.50 bits per heavy atom. The van der Waals surface area contributed by atoms with Crippen LogP contribution in [0, 0.1) is 0 Å². The number of hydrogen-bond acceptors (Lipinski definition) is 8. The smallest absolute Gasteiger partial charge is 0.326 e. The number of rotatable bonds is 12. The van der Waals surface area contributed by atoms with Crippen molar-refractivity contribution in [2.75, 3.05) is 6.54 Å². The molecule has 4 atom stereocenters. The van der Waals surface area contributed by atoms with Gasteiger partial charge in [0.1, 0.15) is 23.9 Å². The zero-order valence-corrected chi connectivity index (χ0v) is 19.1. The molecular formula is C22H28N4O10. The highest BCUT2D eigenvalue weighted by atomic mass is 16.4. The average molecular weight is 508 g/mol. The molecule has 1 fully saturated rings. The summed E-state index contributed by atoms with van der Waals surface area (Å²) in [6.07, 6.45) is -1.17. The van der Waals surface area contributed by atoms with Crippen LogP contribution >= 0.6 is 0 Å². The van der Waals surface area contributed by atoms with E-state index in [0.717, 1.165) is 4.90 Å². The summed E-state index contributed by atoms with van der Waals surface area (Å²) >= 11 is 0. The number of amides is 3. The van der Waals surface area contributed by atoms with Crippen molar-refractivity contribution in [1.29, 1.82) is 0 Å². The molecule has 2 rings (SSSR count). The first-order valence-corrected chi connectivity index (χ1v) is 11.0. The molecule has 0 spiro atoms. The van der Waals surface area contributed by atoms with Gasteiger partial charge in [-0.05, 0) is 30.5 Å². The summed E-state index contributed by atoms with van der Waals surface area (Å²) in [5, 5.41) is 41.5. The largest absolute Gasteiger partial charge is 0.508 e. The molecule has 14 heteroatoms. The van der Waals surface area contributed by atoms with Gasteiger partial charge in [-0.2, -0.15) is 0 Å². The summed E-state index contributed by atoms with van der Waals surface area (Å²) in [6.45, 7) is 0.0690. The molecule has 0 aromatic heterocycles. The molecule has 8 N–H and O–H groups in total. The second-order valence-corrected chi connectivity index (χ2v) is 8.32. The summed E-state index contributed by atoms with van der Waals surface area (Å²) in [7, 11) is 0. The standard InChI is InChI=1S/C22H28N4O10/c23-13(9-17(28)29)19(32)24-14(8-11-3-5-12(27)6-4-11)20(33)25-15(10-18(30)31)21(34)26-7-1-2-16(26)22(35)36/h3-6,13-16,27H,1-2,7-10,23H2,(H,24,32)(H,25,33)(H,28,29)(H,30,31)(H,35,36). The topological polar surface area (TPSA) is 237 Å². The third-order valence-electron chi connectivity index (χ3n) is 5.55. The molecule has 14 nitrogen and oxygen atoms in total. The fraction of sp³-hybridized carbons (Fsp3) is 0.455. The minimum absolute atomic E-state index is 0.0574. The average Bonchev–Trinajstić information content (AvgIpc) is 3.28. The number of nitrogens with zero attached hydrogens (tertiary/aromatic N) is 1. The van der Waals surface area contributed by atoms with Crippen molar-refractivity contribution in [3.8, 4) is 5.75 Å². The SMILES string of the molecule is NC(CC(=O)O)C(=O)NC(Cc1ccc(O)cc1)C(=O)NC(CC(=O)O)C(=O)N1CCCC1C(=O)O. The monoisotopic (exact) mass is 508 g/mol. The van der Waals surface area contributed by atoms with Crippen LogP contribution in [0.2, 0.25) is 0 Å². The van der Waals surface area contributed by atoms with Crippen molar-refractivity contribution in [3.63, 3.8) is 0 Å². The Labute approximate surface area is 205 Å². The second kappa shape index (κ2) is 12.5. The first-order chi connectivity index (χ1) is 16.9. The molecule has 1 heterocycles. The molecule has 0 aliphatic carbocycles. The lowest BCUT2D eigenvalue weighted by Crippen LogP contribution is -2.58. The number of carbonyl (C=O) groups is 6. The van der Waals surface area contributed by atoms with Crippen LogP contribution in [0.3, 0.4) is 0 Å². The molecule has 1 aliphatic heterocycles. The van der Waals surface area contributed by atoms with E-state index in [0.29, 0.717) is 12.0 Å². The number of carbonyl (C=O) groups excluding carboxylic acids is 3.